The second-order valence-corrected chi connectivity index (χ2v) is 5.39. The lowest BCUT2D eigenvalue weighted by Gasteiger charge is -2.15. The maximum absolute atomic E-state index is 11.5. The highest BCUT2D eigenvalue weighted by Gasteiger charge is 2.24. The third-order valence-electron chi connectivity index (χ3n) is 3.67. The smallest absolute Gasteiger partial charge is 0.353 e. The second kappa shape index (κ2) is 7.43. The zero-order valence-electron chi connectivity index (χ0n) is 13.5. The number of nitro groups is 1. The first-order valence-electron chi connectivity index (χ1n) is 7.72. The lowest BCUT2D eigenvalue weighted by Crippen LogP contribution is -2.12. The van der Waals surface area contributed by atoms with Crippen molar-refractivity contribution in [2.45, 2.75) is 19.5 Å². The third kappa shape index (κ3) is 3.92. The quantitative estimate of drug-likeness (QED) is 0.498. The molecule has 1 aromatic carbocycles. The number of hydrogen-bond donors (Lipinski definition) is 2. The minimum atomic E-state index is -0.496. The molecule has 2 aromatic heterocycles. The second-order valence-electron chi connectivity index (χ2n) is 5.39. The van der Waals surface area contributed by atoms with Crippen LogP contribution in [0.1, 0.15) is 24.3 Å². The molecule has 1 unspecified atom stereocenters. The predicted octanol–water partition coefficient (Wildman–Crippen LogP) is 3.76. The summed E-state index contributed by atoms with van der Waals surface area (Å²) in [4.78, 5) is 19.1. The molecule has 3 aromatic rings. The van der Waals surface area contributed by atoms with E-state index in [2.05, 4.69) is 20.6 Å². The highest BCUT2D eigenvalue weighted by atomic mass is 16.6. The Kier molecular flexibility index (Phi) is 4.89. The van der Waals surface area contributed by atoms with Gasteiger partial charge in [0.05, 0.1) is 23.8 Å². The fraction of sp³-hybridized carbons (Fsp3) is 0.176. The Hall–Kier alpha value is -3.42. The van der Waals surface area contributed by atoms with Gasteiger partial charge in [-0.25, -0.2) is 9.97 Å². The molecule has 0 saturated carbocycles. The molecule has 0 fully saturated rings. The molecule has 0 aliphatic carbocycles. The SMILES string of the molecule is CC(Nc1ncnc(NCc2ccco2)c1[N+](=O)[O-])c1ccccc1. The van der Waals surface area contributed by atoms with Gasteiger partial charge in [0.2, 0.25) is 11.6 Å². The van der Waals surface area contributed by atoms with Crippen LogP contribution in [0, 0.1) is 10.1 Å². The maximum atomic E-state index is 11.5. The van der Waals surface area contributed by atoms with Gasteiger partial charge in [0.25, 0.3) is 0 Å². The lowest BCUT2D eigenvalue weighted by molar-refractivity contribution is -0.383. The van der Waals surface area contributed by atoms with Gasteiger partial charge in [0.15, 0.2) is 0 Å². The number of furan rings is 1. The van der Waals surface area contributed by atoms with Crippen molar-refractivity contribution in [1.82, 2.24) is 9.97 Å². The number of nitrogens with zero attached hydrogens (tertiary/aromatic N) is 3. The summed E-state index contributed by atoms with van der Waals surface area (Å²) >= 11 is 0. The average Bonchev–Trinajstić information content (AvgIpc) is 3.14. The van der Waals surface area contributed by atoms with Crippen LogP contribution in [0.4, 0.5) is 17.3 Å². The van der Waals surface area contributed by atoms with Crippen LogP contribution in [0.25, 0.3) is 0 Å². The number of anilines is 2. The predicted molar refractivity (Wildman–Crippen MR) is 93.2 cm³/mol. The summed E-state index contributed by atoms with van der Waals surface area (Å²) in [6.07, 6.45) is 2.83. The molecular weight excluding hydrogens is 322 g/mol. The zero-order chi connectivity index (χ0) is 17.6. The van der Waals surface area contributed by atoms with Crippen molar-refractivity contribution in [1.29, 1.82) is 0 Å². The summed E-state index contributed by atoms with van der Waals surface area (Å²) in [6, 6.07) is 13.0. The van der Waals surface area contributed by atoms with E-state index in [0.29, 0.717) is 12.3 Å². The Bertz CT molecular complexity index is 837. The standard InChI is InChI=1S/C17H17N5O3/c1-12(13-6-3-2-4-7-13)21-17-15(22(23)24)16(19-11-20-17)18-10-14-8-5-9-25-14/h2-9,11-12H,10H2,1H3,(H2,18,19,20,21). The molecule has 0 aliphatic heterocycles. The molecule has 3 rings (SSSR count). The normalized spacial score (nSPS) is 11.7. The summed E-state index contributed by atoms with van der Waals surface area (Å²) in [5.41, 5.74) is 0.803. The minimum Gasteiger partial charge on any atom is -0.467 e. The molecule has 0 amide bonds. The molecular formula is C17H17N5O3. The number of nitrogens with one attached hydrogen (secondary N) is 2. The van der Waals surface area contributed by atoms with Gasteiger partial charge in [-0.1, -0.05) is 30.3 Å². The van der Waals surface area contributed by atoms with E-state index in [1.165, 1.54) is 6.33 Å². The first-order chi connectivity index (χ1) is 12.1. The molecule has 2 heterocycles. The number of aromatic nitrogens is 2. The van der Waals surface area contributed by atoms with Crippen molar-refractivity contribution >= 4 is 17.3 Å². The van der Waals surface area contributed by atoms with Crippen LogP contribution in [0.3, 0.4) is 0 Å². The summed E-state index contributed by atoms with van der Waals surface area (Å²) in [5.74, 6) is 0.956. The van der Waals surface area contributed by atoms with Crippen molar-refractivity contribution in [3.8, 4) is 0 Å². The largest absolute Gasteiger partial charge is 0.467 e. The molecule has 0 bridgehead atoms. The van der Waals surface area contributed by atoms with Gasteiger partial charge in [-0.3, -0.25) is 10.1 Å². The van der Waals surface area contributed by atoms with Crippen LogP contribution in [0.15, 0.2) is 59.5 Å². The molecule has 0 radical (unpaired) electrons. The number of hydrogen-bond acceptors (Lipinski definition) is 7. The topological polar surface area (TPSA) is 106 Å². The Morgan fingerprint density at radius 2 is 1.92 bits per heavy atom. The number of benzene rings is 1. The summed E-state index contributed by atoms with van der Waals surface area (Å²) in [6.45, 7) is 2.20. The fourth-order valence-corrected chi connectivity index (χ4v) is 2.40. The third-order valence-corrected chi connectivity index (χ3v) is 3.67. The Morgan fingerprint density at radius 1 is 1.16 bits per heavy atom. The highest BCUT2D eigenvalue weighted by molar-refractivity contribution is 5.69. The minimum absolute atomic E-state index is 0.138. The molecule has 25 heavy (non-hydrogen) atoms. The van der Waals surface area contributed by atoms with E-state index < -0.39 is 4.92 Å². The average molecular weight is 339 g/mol. The molecule has 128 valence electrons. The summed E-state index contributed by atoms with van der Waals surface area (Å²) in [5, 5.41) is 17.6. The van der Waals surface area contributed by atoms with Crippen molar-refractivity contribution in [3.05, 3.63) is 76.5 Å². The Balaban J connectivity index is 1.83. The fourth-order valence-electron chi connectivity index (χ4n) is 2.40. The highest BCUT2D eigenvalue weighted by Crippen LogP contribution is 2.31. The maximum Gasteiger partial charge on any atom is 0.353 e. The van der Waals surface area contributed by atoms with Gasteiger partial charge < -0.3 is 15.1 Å². The molecule has 8 heteroatoms. The monoisotopic (exact) mass is 339 g/mol. The van der Waals surface area contributed by atoms with E-state index in [1.54, 1.807) is 18.4 Å². The van der Waals surface area contributed by atoms with Gasteiger partial charge >= 0.3 is 5.69 Å². The van der Waals surface area contributed by atoms with E-state index in [0.717, 1.165) is 5.56 Å². The summed E-state index contributed by atoms with van der Waals surface area (Å²) < 4.78 is 5.22. The van der Waals surface area contributed by atoms with Crippen LogP contribution in [-0.4, -0.2) is 14.9 Å². The molecule has 0 aliphatic rings. The van der Waals surface area contributed by atoms with E-state index in [9.17, 15) is 10.1 Å². The molecule has 2 N–H and O–H groups in total. The van der Waals surface area contributed by atoms with E-state index in [1.807, 2.05) is 37.3 Å². The van der Waals surface area contributed by atoms with Crippen LogP contribution in [0.5, 0.6) is 0 Å². The van der Waals surface area contributed by atoms with Crippen molar-refractivity contribution in [2.24, 2.45) is 0 Å². The van der Waals surface area contributed by atoms with Crippen LogP contribution in [0.2, 0.25) is 0 Å². The van der Waals surface area contributed by atoms with Crippen LogP contribution in [-0.2, 0) is 6.54 Å². The van der Waals surface area contributed by atoms with Gasteiger partial charge in [0, 0.05) is 0 Å². The first kappa shape index (κ1) is 16.4. The Morgan fingerprint density at radius 3 is 2.60 bits per heavy atom. The lowest BCUT2D eigenvalue weighted by atomic mass is 10.1. The van der Waals surface area contributed by atoms with Crippen molar-refractivity contribution < 1.29 is 9.34 Å². The van der Waals surface area contributed by atoms with Gasteiger partial charge in [-0.15, -0.1) is 0 Å². The van der Waals surface area contributed by atoms with Crippen LogP contribution < -0.4 is 10.6 Å². The van der Waals surface area contributed by atoms with E-state index in [-0.39, 0.29) is 23.4 Å². The molecule has 0 spiro atoms. The molecule has 8 nitrogen and oxygen atoms in total. The summed E-state index contributed by atoms with van der Waals surface area (Å²) in [7, 11) is 0. The van der Waals surface area contributed by atoms with Gasteiger partial charge in [0.1, 0.15) is 12.1 Å². The Labute approximate surface area is 144 Å². The first-order valence-corrected chi connectivity index (χ1v) is 7.72. The van der Waals surface area contributed by atoms with Crippen molar-refractivity contribution in [2.75, 3.05) is 10.6 Å². The zero-order valence-corrected chi connectivity index (χ0v) is 13.5. The molecule has 1 atom stereocenters. The van der Waals surface area contributed by atoms with Crippen LogP contribution >= 0.6 is 0 Å². The molecule has 0 saturated heterocycles. The van der Waals surface area contributed by atoms with Gasteiger partial charge in [-0.2, -0.15) is 0 Å². The van der Waals surface area contributed by atoms with Gasteiger partial charge in [-0.05, 0) is 24.6 Å². The van der Waals surface area contributed by atoms with Crippen molar-refractivity contribution in [3.63, 3.8) is 0 Å². The van der Waals surface area contributed by atoms with E-state index >= 15 is 0 Å². The van der Waals surface area contributed by atoms with E-state index in [4.69, 9.17) is 4.42 Å². The number of rotatable bonds is 7.